The van der Waals surface area contributed by atoms with Crippen LogP contribution in [0.3, 0.4) is 0 Å². The molecule has 0 spiro atoms. The van der Waals surface area contributed by atoms with E-state index in [0.717, 1.165) is 5.56 Å². The fraction of sp³-hybridized carbons (Fsp3) is 0.200. The zero-order valence-electron chi connectivity index (χ0n) is 16.2. The number of hydrogen-bond donors (Lipinski definition) is 2. The van der Waals surface area contributed by atoms with Gasteiger partial charge in [0.1, 0.15) is 23.9 Å². The molecule has 0 fully saturated rings. The quantitative estimate of drug-likeness (QED) is 0.688. The van der Waals surface area contributed by atoms with Crippen LogP contribution in [-0.2, 0) is 4.79 Å². The average Bonchev–Trinajstić information content (AvgIpc) is 3.21. The molecule has 1 aliphatic heterocycles. The second-order valence-electron chi connectivity index (χ2n) is 6.40. The van der Waals surface area contributed by atoms with Crippen LogP contribution < -0.4 is 20.1 Å². The number of hydrogen-bond acceptors (Lipinski definition) is 7. The summed E-state index contributed by atoms with van der Waals surface area (Å²) in [6.07, 6.45) is 4.85. The van der Waals surface area contributed by atoms with Gasteiger partial charge in [-0.1, -0.05) is 6.07 Å². The molecule has 1 amide bonds. The molecule has 148 valence electrons. The minimum Gasteiger partial charge on any atom is -0.497 e. The molecule has 3 aromatic rings. The molecule has 1 atom stereocenters. The van der Waals surface area contributed by atoms with Gasteiger partial charge in [-0.15, -0.1) is 0 Å². The number of nitrogens with one attached hydrogen (secondary N) is 2. The summed E-state index contributed by atoms with van der Waals surface area (Å²) in [6.45, 7) is 1.83. The Bertz CT molecular complexity index is 1080. The molecule has 0 saturated carbocycles. The highest BCUT2D eigenvalue weighted by atomic mass is 16.5. The van der Waals surface area contributed by atoms with Gasteiger partial charge in [0, 0.05) is 24.2 Å². The van der Waals surface area contributed by atoms with E-state index in [0.29, 0.717) is 34.4 Å². The van der Waals surface area contributed by atoms with E-state index in [1.807, 2.05) is 19.1 Å². The van der Waals surface area contributed by atoms with Crippen molar-refractivity contribution in [3.8, 4) is 11.5 Å². The molecule has 1 aliphatic rings. The number of carbonyl (C=O) groups excluding carboxylic acids is 1. The number of methoxy groups -OCH3 is 2. The van der Waals surface area contributed by atoms with Gasteiger partial charge >= 0.3 is 0 Å². The minimum absolute atomic E-state index is 0.295. The van der Waals surface area contributed by atoms with Crippen LogP contribution in [0.2, 0.25) is 0 Å². The number of allylic oxidation sites excluding steroid dienone is 1. The van der Waals surface area contributed by atoms with Crippen LogP contribution in [0.1, 0.15) is 18.5 Å². The largest absolute Gasteiger partial charge is 0.497 e. The van der Waals surface area contributed by atoms with Crippen LogP contribution in [0, 0.1) is 0 Å². The van der Waals surface area contributed by atoms with E-state index in [2.05, 4.69) is 25.7 Å². The number of fused-ring (bicyclic) bond motifs is 1. The smallest absolute Gasteiger partial charge is 0.255 e. The Balaban J connectivity index is 1.75. The van der Waals surface area contributed by atoms with Crippen LogP contribution in [-0.4, -0.2) is 39.9 Å². The van der Waals surface area contributed by atoms with Gasteiger partial charge in [-0.2, -0.15) is 10.1 Å². The summed E-state index contributed by atoms with van der Waals surface area (Å²) in [5.74, 6) is 1.40. The zero-order chi connectivity index (χ0) is 20.4. The third-order valence-corrected chi connectivity index (χ3v) is 4.69. The summed E-state index contributed by atoms with van der Waals surface area (Å²) in [5.41, 5.74) is 2.51. The molecule has 4 rings (SSSR count). The normalized spacial score (nSPS) is 15.3. The first-order chi connectivity index (χ1) is 14.1. The van der Waals surface area contributed by atoms with E-state index in [9.17, 15) is 4.79 Å². The highest BCUT2D eigenvalue weighted by Crippen LogP contribution is 2.36. The van der Waals surface area contributed by atoms with Crippen molar-refractivity contribution in [2.24, 2.45) is 0 Å². The fourth-order valence-electron chi connectivity index (χ4n) is 3.33. The van der Waals surface area contributed by atoms with Crippen molar-refractivity contribution in [2.75, 3.05) is 24.9 Å². The number of anilines is 2. The van der Waals surface area contributed by atoms with Gasteiger partial charge in [0.25, 0.3) is 5.91 Å². The van der Waals surface area contributed by atoms with Crippen LogP contribution in [0.4, 0.5) is 11.6 Å². The molecule has 2 aromatic heterocycles. The Kier molecular flexibility index (Phi) is 4.86. The van der Waals surface area contributed by atoms with E-state index in [1.165, 1.54) is 6.33 Å². The number of carbonyl (C=O) groups is 1. The average molecular weight is 392 g/mol. The van der Waals surface area contributed by atoms with Gasteiger partial charge in [0.15, 0.2) is 0 Å². The SMILES string of the molecule is COc1ccc(OC)c(NC(=O)C2=C(C)Nc3ncnn3C2c2cccnc2)c1. The molecule has 2 N–H and O–H groups in total. The number of benzene rings is 1. The molecule has 3 heterocycles. The summed E-state index contributed by atoms with van der Waals surface area (Å²) >= 11 is 0. The van der Waals surface area contributed by atoms with Crippen molar-refractivity contribution in [3.63, 3.8) is 0 Å². The van der Waals surface area contributed by atoms with Gasteiger partial charge in [-0.05, 0) is 30.7 Å². The van der Waals surface area contributed by atoms with Gasteiger partial charge in [0.2, 0.25) is 5.95 Å². The molecule has 0 bridgehead atoms. The lowest BCUT2D eigenvalue weighted by Gasteiger charge is -2.28. The Hall–Kier alpha value is -3.88. The maximum atomic E-state index is 13.4. The molecule has 0 saturated heterocycles. The zero-order valence-corrected chi connectivity index (χ0v) is 16.2. The maximum Gasteiger partial charge on any atom is 0.255 e. The standard InChI is InChI=1S/C20H20N6O3/c1-12-17(19(27)25-15-9-14(28-2)6-7-16(15)29-3)18(13-5-4-8-21-10-13)26-20(24-12)22-11-23-26/h4-11,18H,1-3H3,(H,25,27)(H,22,23,24). The van der Waals surface area contributed by atoms with Crippen molar-refractivity contribution in [1.29, 1.82) is 0 Å². The van der Waals surface area contributed by atoms with Gasteiger partial charge in [-0.3, -0.25) is 9.78 Å². The van der Waals surface area contributed by atoms with Gasteiger partial charge in [-0.25, -0.2) is 4.68 Å². The summed E-state index contributed by atoms with van der Waals surface area (Å²) in [4.78, 5) is 21.8. The topological polar surface area (TPSA) is 103 Å². The molecular weight excluding hydrogens is 372 g/mol. The number of nitrogens with zero attached hydrogens (tertiary/aromatic N) is 4. The molecule has 9 heteroatoms. The van der Waals surface area contributed by atoms with Gasteiger partial charge < -0.3 is 20.1 Å². The Morgan fingerprint density at radius 3 is 2.83 bits per heavy atom. The van der Waals surface area contributed by atoms with E-state index in [1.54, 1.807) is 49.5 Å². The van der Waals surface area contributed by atoms with Crippen molar-refractivity contribution >= 4 is 17.5 Å². The van der Waals surface area contributed by atoms with E-state index in [4.69, 9.17) is 9.47 Å². The minimum atomic E-state index is -0.473. The monoisotopic (exact) mass is 392 g/mol. The predicted molar refractivity (Wildman–Crippen MR) is 107 cm³/mol. The van der Waals surface area contributed by atoms with E-state index in [-0.39, 0.29) is 5.91 Å². The molecule has 1 unspecified atom stereocenters. The third kappa shape index (κ3) is 3.38. The number of pyridine rings is 1. The number of rotatable bonds is 5. The first kappa shape index (κ1) is 18.5. The predicted octanol–water partition coefficient (Wildman–Crippen LogP) is 2.62. The molecule has 29 heavy (non-hydrogen) atoms. The van der Waals surface area contributed by atoms with Gasteiger partial charge in [0.05, 0.1) is 25.5 Å². The summed E-state index contributed by atoms with van der Waals surface area (Å²) in [7, 11) is 3.11. The molecule has 0 radical (unpaired) electrons. The fourth-order valence-corrected chi connectivity index (χ4v) is 3.33. The summed E-state index contributed by atoms with van der Waals surface area (Å²) in [6, 6.07) is 8.47. The van der Waals surface area contributed by atoms with Crippen LogP contribution >= 0.6 is 0 Å². The Labute approximate surface area is 167 Å². The van der Waals surface area contributed by atoms with Crippen molar-refractivity contribution in [3.05, 3.63) is 65.9 Å². The van der Waals surface area contributed by atoms with Crippen LogP contribution in [0.25, 0.3) is 0 Å². The lowest BCUT2D eigenvalue weighted by Crippen LogP contribution is -2.31. The van der Waals surface area contributed by atoms with Crippen LogP contribution in [0.15, 0.2) is 60.3 Å². The van der Waals surface area contributed by atoms with Crippen molar-refractivity contribution in [1.82, 2.24) is 19.7 Å². The number of ether oxygens (including phenoxy) is 2. The number of aromatic nitrogens is 4. The van der Waals surface area contributed by atoms with Crippen molar-refractivity contribution < 1.29 is 14.3 Å². The first-order valence-electron chi connectivity index (χ1n) is 8.93. The van der Waals surface area contributed by atoms with Crippen LogP contribution in [0.5, 0.6) is 11.5 Å². The van der Waals surface area contributed by atoms with Crippen molar-refractivity contribution in [2.45, 2.75) is 13.0 Å². The highest BCUT2D eigenvalue weighted by molar-refractivity contribution is 6.06. The Morgan fingerprint density at radius 2 is 2.10 bits per heavy atom. The lowest BCUT2D eigenvalue weighted by atomic mass is 9.96. The molecular formula is C20H20N6O3. The first-order valence-corrected chi connectivity index (χ1v) is 8.93. The second-order valence-corrected chi connectivity index (χ2v) is 6.40. The Morgan fingerprint density at radius 1 is 1.24 bits per heavy atom. The summed E-state index contributed by atoms with van der Waals surface area (Å²) in [5, 5.41) is 10.4. The molecule has 0 aliphatic carbocycles. The van der Waals surface area contributed by atoms with E-state index >= 15 is 0 Å². The maximum absolute atomic E-state index is 13.4. The highest BCUT2D eigenvalue weighted by Gasteiger charge is 2.33. The second kappa shape index (κ2) is 7.63. The molecule has 1 aromatic carbocycles. The van der Waals surface area contributed by atoms with E-state index < -0.39 is 6.04 Å². The number of amides is 1. The molecule has 9 nitrogen and oxygen atoms in total. The lowest BCUT2D eigenvalue weighted by molar-refractivity contribution is -0.113. The summed E-state index contributed by atoms with van der Waals surface area (Å²) < 4.78 is 12.3. The third-order valence-electron chi connectivity index (χ3n) is 4.69.